The van der Waals surface area contributed by atoms with Crippen LogP contribution in [0.2, 0.25) is 0 Å². The summed E-state index contributed by atoms with van der Waals surface area (Å²) in [5.41, 5.74) is -0.116. The molecule has 0 spiro atoms. The molecule has 1 amide bonds. The van der Waals surface area contributed by atoms with E-state index in [1.54, 1.807) is 0 Å². The van der Waals surface area contributed by atoms with E-state index in [-0.39, 0.29) is 16.8 Å². The van der Waals surface area contributed by atoms with Crippen LogP contribution in [0.25, 0.3) is 16.8 Å². The number of rotatable bonds is 3. The van der Waals surface area contributed by atoms with E-state index in [0.29, 0.717) is 4.40 Å². The van der Waals surface area contributed by atoms with E-state index in [9.17, 15) is 31.1 Å². The van der Waals surface area contributed by atoms with Crippen LogP contribution in [0.1, 0.15) is 16.2 Å². The summed E-state index contributed by atoms with van der Waals surface area (Å²) < 4.78 is 81.2. The molecule has 1 N–H and O–H groups in total. The number of nitrogens with zero attached hydrogens (tertiary/aromatic N) is 3. The molecule has 1 aromatic carbocycles. The molecule has 28 heavy (non-hydrogen) atoms. The molecule has 0 unspecified atom stereocenters. The predicted octanol–water partition coefficient (Wildman–Crippen LogP) is 3.67. The smallest absolute Gasteiger partial charge is 0.405 e. The minimum Gasteiger partial charge on any atom is -0.405 e. The fourth-order valence-electron chi connectivity index (χ4n) is 2.49. The summed E-state index contributed by atoms with van der Waals surface area (Å²) in [5.74, 6) is -2.85. The summed E-state index contributed by atoms with van der Waals surface area (Å²) in [5, 5.41) is 8.69. The molecule has 3 aromatic rings. The van der Waals surface area contributed by atoms with E-state index >= 15 is 0 Å². The summed E-state index contributed by atoms with van der Waals surface area (Å²) in [4.78, 5) is 11.9. The summed E-state index contributed by atoms with van der Waals surface area (Å²) in [6, 6.07) is 5.84. The van der Waals surface area contributed by atoms with Gasteiger partial charge in [-0.2, -0.15) is 13.2 Å². The highest BCUT2D eigenvalue weighted by Gasteiger charge is 2.37. The van der Waals surface area contributed by atoms with Crippen LogP contribution in [0.5, 0.6) is 5.75 Å². The Morgan fingerprint density at radius 3 is 2.32 bits per heavy atom. The minimum absolute atomic E-state index is 0.0698. The maximum Gasteiger partial charge on any atom is 0.573 e. The molecule has 0 saturated heterocycles. The van der Waals surface area contributed by atoms with Gasteiger partial charge in [0.15, 0.2) is 5.65 Å². The number of amides is 1. The fraction of sp³-hybridized carbons (Fsp3) is 0.188. The van der Waals surface area contributed by atoms with E-state index in [4.69, 9.17) is 0 Å². The zero-order valence-electron chi connectivity index (χ0n) is 13.9. The number of alkyl halides is 6. The van der Waals surface area contributed by atoms with Gasteiger partial charge in [0.1, 0.15) is 5.75 Å². The maximum absolute atomic E-state index is 13.0. The molecule has 2 heterocycles. The van der Waals surface area contributed by atoms with Gasteiger partial charge in [-0.3, -0.25) is 9.20 Å². The first kappa shape index (κ1) is 19.5. The molecule has 0 saturated carbocycles. The van der Waals surface area contributed by atoms with Gasteiger partial charge >= 0.3 is 12.5 Å². The molecule has 0 radical (unpaired) electrons. The topological polar surface area (TPSA) is 68.5 Å². The van der Waals surface area contributed by atoms with Crippen LogP contribution >= 0.6 is 0 Å². The van der Waals surface area contributed by atoms with E-state index in [1.807, 2.05) is 0 Å². The lowest BCUT2D eigenvalue weighted by molar-refractivity contribution is -0.274. The number of halogens is 6. The van der Waals surface area contributed by atoms with Gasteiger partial charge in [-0.05, 0) is 35.4 Å². The third-order valence-electron chi connectivity index (χ3n) is 3.67. The average Bonchev–Trinajstić information content (AvgIpc) is 3.03. The van der Waals surface area contributed by atoms with Crippen LogP contribution in [-0.2, 0) is 6.18 Å². The van der Waals surface area contributed by atoms with Gasteiger partial charge in [0, 0.05) is 13.2 Å². The van der Waals surface area contributed by atoms with Gasteiger partial charge in [-0.1, -0.05) is 6.07 Å². The Labute approximate surface area is 152 Å². The fourth-order valence-corrected chi connectivity index (χ4v) is 2.49. The van der Waals surface area contributed by atoms with Crippen molar-refractivity contribution in [1.82, 2.24) is 19.9 Å². The number of carbonyl (C=O) groups excluding carboxylic acids is 1. The summed E-state index contributed by atoms with van der Waals surface area (Å²) in [6.07, 6.45) is -8.70. The standard InChI is InChI=1S/C16H10F6N4O2/c1-23-13(27)10-6-8(2-4-11(10)28-16(20,21)22)9-3-5-12-24-25-14(15(17,18)19)26(12)7-9/h2-7H,1H3,(H,23,27). The van der Waals surface area contributed by atoms with Gasteiger partial charge in [-0.25, -0.2) is 0 Å². The van der Waals surface area contributed by atoms with Crippen molar-refractivity contribution in [3.8, 4) is 16.9 Å². The summed E-state index contributed by atoms with van der Waals surface area (Å²) in [7, 11) is 1.21. The predicted molar refractivity (Wildman–Crippen MR) is 83.5 cm³/mol. The van der Waals surface area contributed by atoms with E-state index in [0.717, 1.165) is 18.3 Å². The normalized spacial score (nSPS) is 12.2. The van der Waals surface area contributed by atoms with Crippen LogP contribution in [0.3, 0.4) is 0 Å². The maximum atomic E-state index is 13.0. The van der Waals surface area contributed by atoms with E-state index in [2.05, 4.69) is 20.3 Å². The summed E-state index contributed by atoms with van der Waals surface area (Å²) >= 11 is 0. The average molecular weight is 404 g/mol. The number of benzene rings is 1. The Bertz CT molecular complexity index is 1040. The van der Waals surface area contributed by atoms with Crippen molar-refractivity contribution in [3.63, 3.8) is 0 Å². The molecule has 0 aliphatic heterocycles. The molecule has 3 rings (SSSR count). The second kappa shape index (κ2) is 6.69. The number of ether oxygens (including phenoxy) is 1. The van der Waals surface area contributed by atoms with E-state index < -0.39 is 35.6 Å². The number of hydrogen-bond acceptors (Lipinski definition) is 4. The Morgan fingerprint density at radius 2 is 1.71 bits per heavy atom. The van der Waals surface area contributed by atoms with Crippen molar-refractivity contribution in [3.05, 3.63) is 47.9 Å². The molecule has 148 valence electrons. The number of hydrogen-bond donors (Lipinski definition) is 1. The number of pyridine rings is 1. The van der Waals surface area contributed by atoms with Crippen molar-refractivity contribution >= 4 is 11.6 Å². The number of nitrogens with one attached hydrogen (secondary N) is 1. The first-order valence-electron chi connectivity index (χ1n) is 7.54. The molecule has 0 aliphatic rings. The highest BCUT2D eigenvalue weighted by molar-refractivity contribution is 5.98. The zero-order valence-corrected chi connectivity index (χ0v) is 13.9. The first-order chi connectivity index (χ1) is 13.0. The Balaban J connectivity index is 2.12. The molecule has 12 heteroatoms. The quantitative estimate of drug-likeness (QED) is 0.677. The zero-order chi connectivity index (χ0) is 20.7. The third kappa shape index (κ3) is 3.85. The van der Waals surface area contributed by atoms with Gasteiger partial charge in [0.2, 0.25) is 5.82 Å². The minimum atomic E-state index is -5.02. The number of carbonyl (C=O) groups is 1. The Morgan fingerprint density at radius 1 is 1.04 bits per heavy atom. The van der Waals surface area contributed by atoms with Crippen LogP contribution < -0.4 is 10.1 Å². The van der Waals surface area contributed by atoms with Crippen LogP contribution in [0, 0.1) is 0 Å². The SMILES string of the molecule is CNC(=O)c1cc(-c2ccc3nnc(C(F)(F)F)n3c2)ccc1OC(F)(F)F. The molecule has 0 atom stereocenters. The van der Waals surface area contributed by atoms with Crippen molar-refractivity contribution < 1.29 is 35.9 Å². The van der Waals surface area contributed by atoms with E-state index in [1.165, 1.54) is 25.2 Å². The van der Waals surface area contributed by atoms with Gasteiger partial charge in [0.05, 0.1) is 5.56 Å². The van der Waals surface area contributed by atoms with Gasteiger partial charge < -0.3 is 10.1 Å². The number of aromatic nitrogens is 3. The summed E-state index contributed by atoms with van der Waals surface area (Å²) in [6.45, 7) is 0. The van der Waals surface area contributed by atoms with Crippen molar-refractivity contribution in [2.45, 2.75) is 12.5 Å². The Kier molecular flexibility index (Phi) is 4.65. The second-order valence-electron chi connectivity index (χ2n) is 5.51. The van der Waals surface area contributed by atoms with Crippen LogP contribution in [0.4, 0.5) is 26.3 Å². The van der Waals surface area contributed by atoms with Crippen LogP contribution in [0.15, 0.2) is 36.5 Å². The first-order valence-corrected chi connectivity index (χ1v) is 7.54. The third-order valence-corrected chi connectivity index (χ3v) is 3.67. The molecule has 0 aliphatic carbocycles. The molecular formula is C16H10F6N4O2. The lowest BCUT2D eigenvalue weighted by Crippen LogP contribution is -2.23. The van der Waals surface area contributed by atoms with Crippen molar-refractivity contribution in [2.75, 3.05) is 7.05 Å². The van der Waals surface area contributed by atoms with Gasteiger partial charge in [0.25, 0.3) is 5.91 Å². The van der Waals surface area contributed by atoms with Crippen molar-refractivity contribution in [1.29, 1.82) is 0 Å². The van der Waals surface area contributed by atoms with Gasteiger partial charge in [-0.15, -0.1) is 23.4 Å². The lowest BCUT2D eigenvalue weighted by Gasteiger charge is -2.14. The monoisotopic (exact) mass is 404 g/mol. The molecule has 0 bridgehead atoms. The van der Waals surface area contributed by atoms with Crippen LogP contribution in [-0.4, -0.2) is 33.9 Å². The molecule has 6 nitrogen and oxygen atoms in total. The molecule has 2 aromatic heterocycles. The Hall–Kier alpha value is -3.31. The molecular weight excluding hydrogens is 394 g/mol. The highest BCUT2D eigenvalue weighted by Crippen LogP contribution is 2.32. The van der Waals surface area contributed by atoms with Crippen molar-refractivity contribution in [2.24, 2.45) is 0 Å². The largest absolute Gasteiger partial charge is 0.573 e. The lowest BCUT2D eigenvalue weighted by atomic mass is 10.0. The second-order valence-corrected chi connectivity index (χ2v) is 5.51. The molecule has 0 fully saturated rings. The highest BCUT2D eigenvalue weighted by atomic mass is 19.4. The number of fused-ring (bicyclic) bond motifs is 1.